The van der Waals surface area contributed by atoms with E-state index in [0.29, 0.717) is 6.04 Å². The van der Waals surface area contributed by atoms with Crippen LogP contribution >= 0.6 is 12.4 Å². The molecule has 2 aromatic heterocycles. The number of aromatic amines is 1. The second kappa shape index (κ2) is 5.69. The van der Waals surface area contributed by atoms with Crippen molar-refractivity contribution in [3.8, 4) is 11.1 Å². The number of nitrogens with zero attached hydrogens (tertiary/aromatic N) is 3. The topological polar surface area (TPSA) is 36.9 Å². The summed E-state index contributed by atoms with van der Waals surface area (Å²) in [6.45, 7) is 3.72. The van der Waals surface area contributed by atoms with Crippen LogP contribution in [0.1, 0.15) is 18.9 Å². The Hall–Kier alpha value is -1.78. The second-order valence-corrected chi connectivity index (χ2v) is 6.66. The average Bonchev–Trinajstić information content (AvgIpc) is 3.25. The molecule has 3 aromatic rings. The Morgan fingerprint density at radius 1 is 1.13 bits per heavy atom. The summed E-state index contributed by atoms with van der Waals surface area (Å²) in [5.74, 6) is 0.806. The maximum atomic E-state index is 4.71. The molecule has 4 nitrogen and oxygen atoms in total. The van der Waals surface area contributed by atoms with Crippen LogP contribution in [-0.4, -0.2) is 39.3 Å². The molecule has 0 aliphatic carbocycles. The smallest absolute Gasteiger partial charge is 0.0675 e. The van der Waals surface area contributed by atoms with Crippen molar-refractivity contribution in [3.63, 3.8) is 0 Å². The lowest BCUT2D eigenvalue weighted by atomic mass is 9.84. The number of aromatic nitrogens is 3. The van der Waals surface area contributed by atoms with Gasteiger partial charge in [-0.3, -0.25) is 4.68 Å². The Morgan fingerprint density at radius 2 is 2.00 bits per heavy atom. The summed E-state index contributed by atoms with van der Waals surface area (Å²) in [4.78, 5) is 5.87. The third kappa shape index (κ3) is 2.37. The molecule has 6 rings (SSSR count). The number of rotatable bonds is 2. The Labute approximate surface area is 141 Å². The zero-order valence-electron chi connectivity index (χ0n) is 13.0. The lowest BCUT2D eigenvalue weighted by Crippen LogP contribution is -2.48. The number of H-pyrrole nitrogens is 1. The van der Waals surface area contributed by atoms with Crippen LogP contribution in [-0.2, 0) is 0 Å². The van der Waals surface area contributed by atoms with Gasteiger partial charge in [0.15, 0.2) is 0 Å². The summed E-state index contributed by atoms with van der Waals surface area (Å²) in [6, 6.07) is 9.13. The van der Waals surface area contributed by atoms with E-state index in [9.17, 15) is 0 Å². The van der Waals surface area contributed by atoms with Gasteiger partial charge < -0.3 is 9.88 Å². The molecule has 0 amide bonds. The molecular weight excluding hydrogens is 308 g/mol. The van der Waals surface area contributed by atoms with Crippen LogP contribution < -0.4 is 0 Å². The molecule has 3 fully saturated rings. The molecule has 5 heterocycles. The van der Waals surface area contributed by atoms with Crippen molar-refractivity contribution in [2.24, 2.45) is 5.92 Å². The number of halogens is 1. The molecule has 0 saturated carbocycles. The van der Waals surface area contributed by atoms with Gasteiger partial charge in [-0.25, -0.2) is 0 Å². The largest absolute Gasteiger partial charge is 0.361 e. The van der Waals surface area contributed by atoms with E-state index in [1.54, 1.807) is 0 Å². The van der Waals surface area contributed by atoms with Crippen LogP contribution in [0.25, 0.3) is 22.0 Å². The van der Waals surface area contributed by atoms with Gasteiger partial charge in [-0.2, -0.15) is 5.10 Å². The minimum Gasteiger partial charge on any atom is -0.361 e. The SMILES string of the molecule is Cl.c1cc(-c2cnn(C3CN4CCC3CC4)c2)c2cc[nH]c2c1. The fraction of sp³-hybridized carbons (Fsp3) is 0.389. The quantitative estimate of drug-likeness (QED) is 0.778. The number of hydrogen-bond donors (Lipinski definition) is 1. The Morgan fingerprint density at radius 3 is 2.78 bits per heavy atom. The minimum absolute atomic E-state index is 0. The Kier molecular flexibility index (Phi) is 3.66. The van der Waals surface area contributed by atoms with Gasteiger partial charge >= 0.3 is 0 Å². The lowest BCUT2D eigenvalue weighted by Gasteiger charge is -2.44. The van der Waals surface area contributed by atoms with Crippen LogP contribution in [0.15, 0.2) is 42.9 Å². The first-order chi connectivity index (χ1) is 10.9. The van der Waals surface area contributed by atoms with Crippen molar-refractivity contribution in [3.05, 3.63) is 42.9 Å². The van der Waals surface area contributed by atoms with Crippen LogP contribution in [0.4, 0.5) is 0 Å². The maximum absolute atomic E-state index is 4.71. The zero-order chi connectivity index (χ0) is 14.5. The van der Waals surface area contributed by atoms with Crippen molar-refractivity contribution in [2.45, 2.75) is 18.9 Å². The normalized spacial score (nSPS) is 26.3. The maximum Gasteiger partial charge on any atom is 0.0675 e. The van der Waals surface area contributed by atoms with Gasteiger partial charge in [0.1, 0.15) is 0 Å². The van der Waals surface area contributed by atoms with E-state index >= 15 is 0 Å². The van der Waals surface area contributed by atoms with Gasteiger partial charge in [0.05, 0.1) is 12.2 Å². The van der Waals surface area contributed by atoms with Crippen LogP contribution in [0, 0.1) is 5.92 Å². The third-order valence-corrected chi connectivity index (χ3v) is 5.47. The van der Waals surface area contributed by atoms with Crippen LogP contribution in [0.3, 0.4) is 0 Å². The fourth-order valence-electron chi connectivity index (χ4n) is 4.23. The van der Waals surface area contributed by atoms with E-state index in [1.165, 1.54) is 54.5 Å². The standard InChI is InChI=1S/C18H20N4.ClH/c1-2-15(16-4-7-19-17(16)3-1)14-10-20-22(11-14)18-12-21-8-5-13(18)6-9-21;/h1-4,7,10-11,13,18-19H,5-6,8-9,12H2;1H. The molecule has 1 atom stereocenters. The molecule has 3 saturated heterocycles. The summed E-state index contributed by atoms with van der Waals surface area (Å²) in [6.07, 6.45) is 8.93. The molecular formula is C18H21ClN4. The molecule has 1 aromatic carbocycles. The second-order valence-electron chi connectivity index (χ2n) is 6.66. The van der Waals surface area contributed by atoms with Gasteiger partial charge in [0.25, 0.3) is 0 Å². The predicted octanol–water partition coefficient (Wildman–Crippen LogP) is 3.72. The van der Waals surface area contributed by atoms with E-state index in [0.717, 1.165) is 5.92 Å². The number of nitrogens with one attached hydrogen (secondary N) is 1. The Bertz CT molecular complexity index is 813. The van der Waals surface area contributed by atoms with Crippen molar-refractivity contribution in [1.29, 1.82) is 0 Å². The molecule has 3 aliphatic rings. The zero-order valence-corrected chi connectivity index (χ0v) is 13.8. The highest BCUT2D eigenvalue weighted by atomic mass is 35.5. The van der Waals surface area contributed by atoms with Gasteiger partial charge in [-0.05, 0) is 49.5 Å². The van der Waals surface area contributed by atoms with Crippen LogP contribution in [0.5, 0.6) is 0 Å². The molecule has 120 valence electrons. The van der Waals surface area contributed by atoms with E-state index in [2.05, 4.69) is 45.0 Å². The monoisotopic (exact) mass is 328 g/mol. The van der Waals surface area contributed by atoms with Gasteiger partial charge in [0.2, 0.25) is 0 Å². The molecule has 0 spiro atoms. The third-order valence-electron chi connectivity index (χ3n) is 5.47. The molecule has 2 bridgehead atoms. The average molecular weight is 329 g/mol. The minimum atomic E-state index is 0. The van der Waals surface area contributed by atoms with Gasteiger partial charge in [-0.1, -0.05) is 12.1 Å². The number of piperidine rings is 3. The predicted molar refractivity (Wildman–Crippen MR) is 95.0 cm³/mol. The number of benzene rings is 1. The van der Waals surface area contributed by atoms with Crippen molar-refractivity contribution < 1.29 is 0 Å². The number of fused-ring (bicyclic) bond motifs is 4. The first-order valence-electron chi connectivity index (χ1n) is 8.21. The summed E-state index contributed by atoms with van der Waals surface area (Å²) >= 11 is 0. The highest BCUT2D eigenvalue weighted by Gasteiger charge is 2.35. The van der Waals surface area contributed by atoms with E-state index in [1.807, 2.05) is 12.4 Å². The first kappa shape index (κ1) is 14.8. The van der Waals surface area contributed by atoms with Crippen LogP contribution in [0.2, 0.25) is 0 Å². The fourth-order valence-corrected chi connectivity index (χ4v) is 4.23. The van der Waals surface area contributed by atoms with E-state index in [4.69, 9.17) is 5.10 Å². The molecule has 5 heteroatoms. The summed E-state index contributed by atoms with van der Waals surface area (Å²) < 4.78 is 2.22. The highest BCUT2D eigenvalue weighted by molar-refractivity contribution is 5.94. The van der Waals surface area contributed by atoms with Gasteiger partial charge in [-0.15, -0.1) is 12.4 Å². The summed E-state index contributed by atoms with van der Waals surface area (Å²) in [5, 5.41) is 5.98. The van der Waals surface area contributed by atoms with Crippen molar-refractivity contribution in [2.75, 3.05) is 19.6 Å². The number of hydrogen-bond acceptors (Lipinski definition) is 2. The first-order valence-corrected chi connectivity index (χ1v) is 8.21. The molecule has 1 unspecified atom stereocenters. The Balaban J connectivity index is 0.00000135. The van der Waals surface area contributed by atoms with E-state index < -0.39 is 0 Å². The molecule has 23 heavy (non-hydrogen) atoms. The molecule has 0 radical (unpaired) electrons. The van der Waals surface area contributed by atoms with Crippen molar-refractivity contribution in [1.82, 2.24) is 19.7 Å². The summed E-state index contributed by atoms with van der Waals surface area (Å²) in [5.41, 5.74) is 3.68. The highest BCUT2D eigenvalue weighted by Crippen LogP contribution is 2.36. The van der Waals surface area contributed by atoms with Gasteiger partial charge in [0, 0.05) is 35.4 Å². The summed E-state index contributed by atoms with van der Waals surface area (Å²) in [7, 11) is 0. The van der Waals surface area contributed by atoms with E-state index in [-0.39, 0.29) is 12.4 Å². The molecule has 1 N–H and O–H groups in total. The molecule has 3 aliphatic heterocycles. The lowest BCUT2D eigenvalue weighted by molar-refractivity contribution is 0.0513. The van der Waals surface area contributed by atoms with Crippen molar-refractivity contribution >= 4 is 23.3 Å².